The van der Waals surface area contributed by atoms with E-state index in [1.807, 2.05) is 0 Å². The average Bonchev–Trinajstić information content (AvgIpc) is 2.19. The predicted octanol–water partition coefficient (Wildman–Crippen LogP) is 2.16. The van der Waals surface area contributed by atoms with Gasteiger partial charge in [0, 0.05) is 20.3 Å². The molecule has 0 radical (unpaired) electrons. The second kappa shape index (κ2) is 8.21. The van der Waals surface area contributed by atoms with Gasteiger partial charge < -0.3 is 14.8 Å². The van der Waals surface area contributed by atoms with Crippen LogP contribution in [0.2, 0.25) is 0 Å². The molecular weight excluding hydrogens is 178 g/mol. The first kappa shape index (κ1) is 13.9. The van der Waals surface area contributed by atoms with E-state index < -0.39 is 0 Å². The van der Waals surface area contributed by atoms with Crippen molar-refractivity contribution in [2.24, 2.45) is 0 Å². The number of ether oxygens (including phenoxy) is 2. The molecule has 0 saturated carbocycles. The van der Waals surface area contributed by atoms with Gasteiger partial charge in [0.1, 0.15) is 0 Å². The van der Waals surface area contributed by atoms with Crippen molar-refractivity contribution in [3.05, 3.63) is 0 Å². The SMILES string of the molecule is CCCC(CC)NC(C)C(OC)OC. The van der Waals surface area contributed by atoms with Crippen molar-refractivity contribution in [3.63, 3.8) is 0 Å². The smallest absolute Gasteiger partial charge is 0.171 e. The lowest BCUT2D eigenvalue weighted by molar-refractivity contribution is -0.121. The van der Waals surface area contributed by atoms with E-state index >= 15 is 0 Å². The Morgan fingerprint density at radius 1 is 1.14 bits per heavy atom. The molecule has 2 atom stereocenters. The maximum atomic E-state index is 5.20. The van der Waals surface area contributed by atoms with E-state index in [1.165, 1.54) is 12.8 Å². The topological polar surface area (TPSA) is 30.5 Å². The summed E-state index contributed by atoms with van der Waals surface area (Å²) in [7, 11) is 3.35. The number of hydrogen-bond acceptors (Lipinski definition) is 3. The Balaban J connectivity index is 3.92. The lowest BCUT2D eigenvalue weighted by Gasteiger charge is -2.26. The van der Waals surface area contributed by atoms with E-state index in [4.69, 9.17) is 9.47 Å². The van der Waals surface area contributed by atoms with Crippen molar-refractivity contribution in [3.8, 4) is 0 Å². The molecule has 0 amide bonds. The summed E-state index contributed by atoms with van der Waals surface area (Å²) in [6.07, 6.45) is 3.42. The molecule has 0 aromatic rings. The van der Waals surface area contributed by atoms with E-state index in [2.05, 4.69) is 26.1 Å². The molecule has 1 N–H and O–H groups in total. The molecule has 2 unspecified atom stereocenters. The van der Waals surface area contributed by atoms with Crippen molar-refractivity contribution in [2.75, 3.05) is 14.2 Å². The van der Waals surface area contributed by atoms with Gasteiger partial charge in [0.2, 0.25) is 0 Å². The van der Waals surface area contributed by atoms with Crippen molar-refractivity contribution in [1.82, 2.24) is 5.32 Å². The van der Waals surface area contributed by atoms with Gasteiger partial charge in [-0.15, -0.1) is 0 Å². The largest absolute Gasteiger partial charge is 0.354 e. The third-order valence-electron chi connectivity index (χ3n) is 2.50. The molecule has 86 valence electrons. The van der Waals surface area contributed by atoms with Gasteiger partial charge in [0.15, 0.2) is 6.29 Å². The van der Waals surface area contributed by atoms with E-state index in [0.29, 0.717) is 6.04 Å². The maximum absolute atomic E-state index is 5.20. The standard InChI is InChI=1S/C11H25NO2/c1-6-8-10(7-2)12-9(3)11(13-4)14-5/h9-12H,6-8H2,1-5H3. The molecule has 0 aliphatic carbocycles. The van der Waals surface area contributed by atoms with E-state index in [1.54, 1.807) is 14.2 Å². The molecule has 0 fully saturated rings. The second-order valence-electron chi connectivity index (χ2n) is 3.69. The zero-order valence-electron chi connectivity index (χ0n) is 10.2. The maximum Gasteiger partial charge on any atom is 0.171 e. The van der Waals surface area contributed by atoms with Gasteiger partial charge >= 0.3 is 0 Å². The molecule has 0 saturated heterocycles. The Morgan fingerprint density at radius 3 is 2.07 bits per heavy atom. The van der Waals surface area contributed by atoms with Gasteiger partial charge in [-0.25, -0.2) is 0 Å². The summed E-state index contributed by atoms with van der Waals surface area (Å²) < 4.78 is 10.4. The third kappa shape index (κ3) is 4.94. The number of methoxy groups -OCH3 is 2. The van der Waals surface area contributed by atoms with E-state index in [-0.39, 0.29) is 12.3 Å². The summed E-state index contributed by atoms with van der Waals surface area (Å²) in [5, 5.41) is 3.52. The van der Waals surface area contributed by atoms with E-state index in [0.717, 1.165) is 6.42 Å². The number of rotatable bonds is 8. The highest BCUT2D eigenvalue weighted by Gasteiger charge is 2.18. The predicted molar refractivity (Wildman–Crippen MR) is 59.4 cm³/mol. The molecule has 0 aliphatic heterocycles. The van der Waals surface area contributed by atoms with Crippen LogP contribution in [0.1, 0.15) is 40.0 Å². The summed E-state index contributed by atoms with van der Waals surface area (Å²) >= 11 is 0. The molecule has 0 aliphatic rings. The van der Waals surface area contributed by atoms with Crippen LogP contribution in [-0.4, -0.2) is 32.6 Å². The second-order valence-corrected chi connectivity index (χ2v) is 3.69. The lowest BCUT2D eigenvalue weighted by Crippen LogP contribution is -2.44. The minimum atomic E-state index is -0.152. The van der Waals surface area contributed by atoms with E-state index in [9.17, 15) is 0 Å². The summed E-state index contributed by atoms with van der Waals surface area (Å²) in [5.41, 5.74) is 0. The van der Waals surface area contributed by atoms with Gasteiger partial charge in [-0.05, 0) is 19.8 Å². The summed E-state index contributed by atoms with van der Waals surface area (Å²) in [6.45, 7) is 6.50. The first-order valence-corrected chi connectivity index (χ1v) is 5.51. The molecule has 0 aromatic heterocycles. The molecule has 0 aromatic carbocycles. The zero-order valence-corrected chi connectivity index (χ0v) is 10.2. The molecule has 0 rings (SSSR count). The van der Waals surface area contributed by atoms with Gasteiger partial charge in [0.25, 0.3) is 0 Å². The van der Waals surface area contributed by atoms with Gasteiger partial charge in [-0.2, -0.15) is 0 Å². The van der Waals surface area contributed by atoms with Crippen molar-refractivity contribution in [1.29, 1.82) is 0 Å². The van der Waals surface area contributed by atoms with Gasteiger partial charge in [0.05, 0.1) is 6.04 Å². The Bertz CT molecular complexity index is 126. The zero-order chi connectivity index (χ0) is 11.0. The quantitative estimate of drug-likeness (QED) is 0.613. The average molecular weight is 203 g/mol. The van der Waals surface area contributed by atoms with Crippen LogP contribution in [0.5, 0.6) is 0 Å². The first-order chi connectivity index (χ1) is 6.69. The van der Waals surface area contributed by atoms with Crippen LogP contribution in [0.25, 0.3) is 0 Å². The van der Waals surface area contributed by atoms with Crippen molar-refractivity contribution < 1.29 is 9.47 Å². The third-order valence-corrected chi connectivity index (χ3v) is 2.50. The molecule has 3 nitrogen and oxygen atoms in total. The molecule has 0 heterocycles. The highest BCUT2D eigenvalue weighted by atomic mass is 16.7. The Kier molecular flexibility index (Phi) is 8.14. The fraction of sp³-hybridized carbons (Fsp3) is 1.00. The fourth-order valence-electron chi connectivity index (χ4n) is 1.71. The lowest BCUT2D eigenvalue weighted by atomic mass is 10.1. The number of nitrogens with one attached hydrogen (secondary N) is 1. The fourth-order valence-corrected chi connectivity index (χ4v) is 1.71. The monoisotopic (exact) mass is 203 g/mol. The molecule has 3 heteroatoms. The summed E-state index contributed by atoms with van der Waals surface area (Å²) in [4.78, 5) is 0. The van der Waals surface area contributed by atoms with Gasteiger partial charge in [-0.3, -0.25) is 0 Å². The highest BCUT2D eigenvalue weighted by Crippen LogP contribution is 2.06. The van der Waals surface area contributed by atoms with Crippen LogP contribution >= 0.6 is 0 Å². The Morgan fingerprint density at radius 2 is 1.71 bits per heavy atom. The molecular formula is C11H25NO2. The van der Waals surface area contributed by atoms with Crippen molar-refractivity contribution >= 4 is 0 Å². The normalized spacial score (nSPS) is 15.9. The highest BCUT2D eigenvalue weighted by molar-refractivity contribution is 4.72. The van der Waals surface area contributed by atoms with Gasteiger partial charge in [-0.1, -0.05) is 20.3 Å². The van der Waals surface area contributed by atoms with Crippen LogP contribution in [-0.2, 0) is 9.47 Å². The Hall–Kier alpha value is -0.120. The minimum absolute atomic E-state index is 0.152. The Labute approximate surface area is 88.2 Å². The minimum Gasteiger partial charge on any atom is -0.354 e. The summed E-state index contributed by atoms with van der Waals surface area (Å²) in [6, 6.07) is 0.810. The molecule has 14 heavy (non-hydrogen) atoms. The van der Waals surface area contributed by atoms with Crippen molar-refractivity contribution in [2.45, 2.75) is 58.4 Å². The van der Waals surface area contributed by atoms with Crippen LogP contribution in [0.4, 0.5) is 0 Å². The molecule has 0 bridgehead atoms. The molecule has 0 spiro atoms. The van der Waals surface area contributed by atoms with Crippen LogP contribution < -0.4 is 5.32 Å². The summed E-state index contributed by atoms with van der Waals surface area (Å²) in [5.74, 6) is 0. The number of hydrogen-bond donors (Lipinski definition) is 1. The van der Waals surface area contributed by atoms with Crippen LogP contribution in [0.3, 0.4) is 0 Å². The van der Waals surface area contributed by atoms with Crippen LogP contribution in [0, 0.1) is 0 Å². The first-order valence-electron chi connectivity index (χ1n) is 5.51. The van der Waals surface area contributed by atoms with Crippen LogP contribution in [0.15, 0.2) is 0 Å².